The highest BCUT2D eigenvalue weighted by molar-refractivity contribution is 7.99. The normalized spacial score (nSPS) is 10.9. The lowest BCUT2D eigenvalue weighted by Gasteiger charge is -2.13. The summed E-state index contributed by atoms with van der Waals surface area (Å²) in [6, 6.07) is 17.6. The van der Waals surface area contributed by atoms with Gasteiger partial charge in [0.1, 0.15) is 5.75 Å². The quantitative estimate of drug-likeness (QED) is 0.540. The first-order valence-corrected chi connectivity index (χ1v) is 10.6. The summed E-state index contributed by atoms with van der Waals surface area (Å²) in [5.74, 6) is 2.30. The number of rotatable bonds is 9. The first-order chi connectivity index (χ1) is 14.1. The number of amides is 1. The van der Waals surface area contributed by atoms with Gasteiger partial charge in [0.05, 0.1) is 12.9 Å². The number of ether oxygens (including phenoxy) is 1. The van der Waals surface area contributed by atoms with Gasteiger partial charge in [-0.1, -0.05) is 55.9 Å². The molecule has 152 valence electrons. The number of carbonyl (C=O) groups is 1. The lowest BCUT2D eigenvalue weighted by Crippen LogP contribution is -2.24. The second kappa shape index (κ2) is 10.1. The number of nitrogens with one attached hydrogen (secondary N) is 1. The van der Waals surface area contributed by atoms with E-state index in [-0.39, 0.29) is 5.91 Å². The Morgan fingerprint density at radius 2 is 1.83 bits per heavy atom. The molecule has 0 aliphatic heterocycles. The predicted molar refractivity (Wildman–Crippen MR) is 116 cm³/mol. The Kier molecular flexibility index (Phi) is 7.30. The topological polar surface area (TPSA) is 69.0 Å². The summed E-state index contributed by atoms with van der Waals surface area (Å²) in [6.07, 6.45) is 0. The van der Waals surface area contributed by atoms with Crippen LogP contribution in [0.2, 0.25) is 0 Å². The van der Waals surface area contributed by atoms with E-state index in [1.807, 2.05) is 54.6 Å². The highest BCUT2D eigenvalue weighted by Gasteiger charge is 2.16. The third-order valence-corrected chi connectivity index (χ3v) is 5.24. The zero-order valence-corrected chi connectivity index (χ0v) is 17.8. The summed E-state index contributed by atoms with van der Waals surface area (Å²) in [5.41, 5.74) is 2.05. The minimum Gasteiger partial charge on any atom is -0.497 e. The predicted octanol–water partition coefficient (Wildman–Crippen LogP) is 4.02. The molecule has 1 amide bonds. The number of benzene rings is 2. The molecule has 1 aromatic heterocycles. The van der Waals surface area contributed by atoms with Gasteiger partial charge in [0, 0.05) is 18.7 Å². The molecule has 0 bridgehead atoms. The Balaban J connectivity index is 1.68. The molecule has 0 saturated carbocycles. The molecule has 6 nitrogen and oxygen atoms in total. The van der Waals surface area contributed by atoms with E-state index in [0.29, 0.717) is 18.2 Å². The molecule has 0 unspecified atom stereocenters. The van der Waals surface area contributed by atoms with Gasteiger partial charge in [0.15, 0.2) is 11.0 Å². The van der Waals surface area contributed by atoms with Gasteiger partial charge in [0.25, 0.3) is 0 Å². The number of carbonyl (C=O) groups excluding carboxylic acids is 1. The number of aromatic nitrogens is 3. The van der Waals surface area contributed by atoms with Crippen LogP contribution in [0.4, 0.5) is 0 Å². The summed E-state index contributed by atoms with van der Waals surface area (Å²) in [6.45, 7) is 5.61. The van der Waals surface area contributed by atoms with Gasteiger partial charge < -0.3 is 14.6 Å². The van der Waals surface area contributed by atoms with E-state index in [2.05, 4.69) is 33.9 Å². The Morgan fingerprint density at radius 3 is 2.48 bits per heavy atom. The largest absolute Gasteiger partial charge is 0.497 e. The summed E-state index contributed by atoms with van der Waals surface area (Å²) in [7, 11) is 1.65. The molecule has 1 heterocycles. The van der Waals surface area contributed by atoms with E-state index in [4.69, 9.17) is 4.74 Å². The molecule has 0 spiro atoms. The zero-order valence-electron chi connectivity index (χ0n) is 17.0. The number of nitrogens with zero attached hydrogens (tertiary/aromatic N) is 3. The summed E-state index contributed by atoms with van der Waals surface area (Å²) in [5, 5.41) is 12.4. The van der Waals surface area contributed by atoms with Gasteiger partial charge >= 0.3 is 0 Å². The standard InChI is InChI=1S/C22H26N4O2S/c1-16(2)14-26-21(18-9-11-19(28-3)12-10-18)24-25-22(26)29-15-20(27)23-13-17-7-5-4-6-8-17/h4-12,16H,13-15H2,1-3H3,(H,23,27). The van der Waals surface area contributed by atoms with Gasteiger partial charge in [0.2, 0.25) is 5.91 Å². The maximum absolute atomic E-state index is 12.3. The maximum Gasteiger partial charge on any atom is 0.230 e. The fraction of sp³-hybridized carbons (Fsp3) is 0.318. The second-order valence-electron chi connectivity index (χ2n) is 7.09. The molecule has 0 radical (unpaired) electrons. The van der Waals surface area contributed by atoms with Crippen molar-refractivity contribution in [3.05, 3.63) is 60.2 Å². The average molecular weight is 411 g/mol. The number of hydrogen-bond acceptors (Lipinski definition) is 5. The third-order valence-electron chi connectivity index (χ3n) is 4.28. The Bertz CT molecular complexity index is 924. The monoisotopic (exact) mass is 410 g/mol. The van der Waals surface area contributed by atoms with Gasteiger partial charge in [-0.05, 0) is 35.7 Å². The lowest BCUT2D eigenvalue weighted by atomic mass is 10.2. The average Bonchev–Trinajstić information content (AvgIpc) is 3.13. The van der Waals surface area contributed by atoms with Crippen molar-refractivity contribution >= 4 is 17.7 Å². The van der Waals surface area contributed by atoms with E-state index >= 15 is 0 Å². The highest BCUT2D eigenvalue weighted by atomic mass is 32.2. The zero-order chi connectivity index (χ0) is 20.6. The van der Waals surface area contributed by atoms with E-state index in [1.165, 1.54) is 11.8 Å². The van der Waals surface area contributed by atoms with Crippen LogP contribution in [0.3, 0.4) is 0 Å². The van der Waals surface area contributed by atoms with Crippen LogP contribution in [0.5, 0.6) is 5.75 Å². The highest BCUT2D eigenvalue weighted by Crippen LogP contribution is 2.26. The molecule has 0 saturated heterocycles. The van der Waals surface area contributed by atoms with Crippen molar-refractivity contribution in [1.29, 1.82) is 0 Å². The lowest BCUT2D eigenvalue weighted by molar-refractivity contribution is -0.118. The van der Waals surface area contributed by atoms with Crippen LogP contribution in [0, 0.1) is 5.92 Å². The van der Waals surface area contributed by atoms with Crippen LogP contribution < -0.4 is 10.1 Å². The fourth-order valence-corrected chi connectivity index (χ4v) is 3.63. The van der Waals surface area contributed by atoms with Crippen molar-refractivity contribution < 1.29 is 9.53 Å². The molecule has 0 atom stereocenters. The van der Waals surface area contributed by atoms with Crippen LogP contribution in [0.15, 0.2) is 59.8 Å². The first-order valence-electron chi connectivity index (χ1n) is 9.58. The minimum absolute atomic E-state index is 0.0241. The molecular weight excluding hydrogens is 384 g/mol. The van der Waals surface area contributed by atoms with Gasteiger partial charge in [-0.2, -0.15) is 0 Å². The SMILES string of the molecule is COc1ccc(-c2nnc(SCC(=O)NCc3ccccc3)n2CC(C)C)cc1. The van der Waals surface area contributed by atoms with Crippen LogP contribution in [0.1, 0.15) is 19.4 Å². The minimum atomic E-state index is -0.0241. The van der Waals surface area contributed by atoms with E-state index < -0.39 is 0 Å². The molecule has 0 aliphatic rings. The first kappa shape index (κ1) is 20.9. The van der Waals surface area contributed by atoms with Crippen molar-refractivity contribution in [2.75, 3.05) is 12.9 Å². The number of thioether (sulfide) groups is 1. The van der Waals surface area contributed by atoms with Crippen molar-refractivity contribution in [2.24, 2.45) is 5.92 Å². The van der Waals surface area contributed by atoms with Gasteiger partial charge in [-0.25, -0.2) is 0 Å². The van der Waals surface area contributed by atoms with Gasteiger partial charge in [-0.3, -0.25) is 4.79 Å². The molecule has 29 heavy (non-hydrogen) atoms. The fourth-order valence-electron chi connectivity index (χ4n) is 2.86. The molecule has 3 rings (SSSR count). The van der Waals surface area contributed by atoms with Crippen LogP contribution in [-0.2, 0) is 17.9 Å². The third kappa shape index (κ3) is 5.84. The van der Waals surface area contributed by atoms with Crippen LogP contribution >= 0.6 is 11.8 Å². The van der Waals surface area contributed by atoms with E-state index in [0.717, 1.165) is 34.4 Å². The summed E-state index contributed by atoms with van der Waals surface area (Å²) < 4.78 is 7.32. The molecule has 7 heteroatoms. The van der Waals surface area contributed by atoms with Crippen molar-refractivity contribution in [3.63, 3.8) is 0 Å². The molecule has 3 aromatic rings. The maximum atomic E-state index is 12.3. The van der Waals surface area contributed by atoms with Crippen LogP contribution in [0.25, 0.3) is 11.4 Å². The Morgan fingerprint density at radius 1 is 1.10 bits per heavy atom. The smallest absolute Gasteiger partial charge is 0.230 e. The van der Waals surface area contributed by atoms with Gasteiger partial charge in [-0.15, -0.1) is 10.2 Å². The second-order valence-corrected chi connectivity index (χ2v) is 8.03. The van der Waals surface area contributed by atoms with Crippen molar-refractivity contribution in [3.8, 4) is 17.1 Å². The molecule has 1 N–H and O–H groups in total. The van der Waals surface area contributed by atoms with Crippen molar-refractivity contribution in [2.45, 2.75) is 32.1 Å². The van der Waals surface area contributed by atoms with E-state index in [9.17, 15) is 4.79 Å². The number of methoxy groups -OCH3 is 1. The summed E-state index contributed by atoms with van der Waals surface area (Å²) >= 11 is 1.41. The summed E-state index contributed by atoms with van der Waals surface area (Å²) in [4.78, 5) is 12.3. The Hall–Kier alpha value is -2.80. The molecule has 0 aliphatic carbocycles. The van der Waals surface area contributed by atoms with Crippen molar-refractivity contribution in [1.82, 2.24) is 20.1 Å². The Labute approximate surface area is 175 Å². The van der Waals surface area contributed by atoms with E-state index in [1.54, 1.807) is 7.11 Å². The van der Waals surface area contributed by atoms with Crippen LogP contribution in [-0.4, -0.2) is 33.5 Å². The number of hydrogen-bond donors (Lipinski definition) is 1. The molecule has 2 aromatic carbocycles. The molecule has 0 fully saturated rings. The molecular formula is C22H26N4O2S.